The molecule has 0 amide bonds. The van der Waals surface area contributed by atoms with Crippen molar-refractivity contribution in [1.82, 2.24) is 0 Å². The first kappa shape index (κ1) is 76.1. The van der Waals surface area contributed by atoms with E-state index in [0.29, 0.717) is 25.7 Å². The lowest BCUT2D eigenvalue weighted by Gasteiger charge is -2.21. The molecule has 3 N–H and O–H groups in total. The maximum Gasteiger partial charge on any atom is 0.472 e. The maximum atomic E-state index is 12.9. The number of unbranched alkanes of at least 4 members (excludes halogenated alkanes) is 34. The van der Waals surface area contributed by atoms with Crippen molar-refractivity contribution in [2.45, 2.75) is 316 Å². The molecule has 17 nitrogen and oxygen atoms in total. The molecular weight excluding hydrogens is 1040 g/mol. The SMILES string of the molecule is CCCCCCCCCCCCCCC(=O)OC[C@H](COP(=O)(O)OC[C@@H](O)COP(=O)(O)OC[C@@H](COC(=O)CCCCCCC)OC(=O)CCCCCCCCCCC)OC(=O)CCCCCCCCCCCCCC. The first-order chi connectivity index (χ1) is 37.7. The Bertz CT molecular complexity index is 1520. The predicted octanol–water partition coefficient (Wildman–Crippen LogP) is 16.0. The van der Waals surface area contributed by atoms with Crippen molar-refractivity contribution in [1.29, 1.82) is 0 Å². The quantitative estimate of drug-likeness (QED) is 0.0222. The van der Waals surface area contributed by atoms with Crippen LogP contribution in [0.15, 0.2) is 0 Å². The molecule has 0 fully saturated rings. The highest BCUT2D eigenvalue weighted by molar-refractivity contribution is 7.47. The van der Waals surface area contributed by atoms with Crippen LogP contribution in [0.25, 0.3) is 0 Å². The van der Waals surface area contributed by atoms with E-state index in [1.807, 2.05) is 0 Å². The summed E-state index contributed by atoms with van der Waals surface area (Å²) in [7, 11) is -9.86. The van der Waals surface area contributed by atoms with Gasteiger partial charge in [-0.15, -0.1) is 0 Å². The highest BCUT2D eigenvalue weighted by atomic mass is 31.2. The van der Waals surface area contributed by atoms with E-state index in [1.165, 1.54) is 122 Å². The molecule has 0 aliphatic carbocycles. The molecular formula is C59H114O17P2. The van der Waals surface area contributed by atoms with Gasteiger partial charge < -0.3 is 33.8 Å². The fraction of sp³-hybridized carbons (Fsp3) is 0.932. The summed E-state index contributed by atoms with van der Waals surface area (Å²) >= 11 is 0. The molecule has 0 radical (unpaired) electrons. The lowest BCUT2D eigenvalue weighted by Crippen LogP contribution is -2.30. The summed E-state index contributed by atoms with van der Waals surface area (Å²) in [5.74, 6) is -2.15. The molecule has 0 saturated carbocycles. The molecule has 0 aromatic heterocycles. The fourth-order valence-electron chi connectivity index (χ4n) is 8.75. The second-order valence-electron chi connectivity index (χ2n) is 21.4. The third kappa shape index (κ3) is 53.4. The van der Waals surface area contributed by atoms with Crippen molar-refractivity contribution in [3.05, 3.63) is 0 Å². The fourth-order valence-corrected chi connectivity index (χ4v) is 10.3. The molecule has 0 rings (SSSR count). The number of phosphoric acid groups is 2. The van der Waals surface area contributed by atoms with Crippen LogP contribution in [0.3, 0.4) is 0 Å². The van der Waals surface area contributed by atoms with Crippen molar-refractivity contribution in [2.24, 2.45) is 0 Å². The van der Waals surface area contributed by atoms with Crippen LogP contribution >= 0.6 is 15.6 Å². The van der Waals surface area contributed by atoms with Gasteiger partial charge in [0.1, 0.15) is 19.3 Å². The Hall–Kier alpha value is -1.94. The second kappa shape index (κ2) is 54.3. The zero-order chi connectivity index (χ0) is 57.6. The minimum atomic E-state index is -4.94. The van der Waals surface area contributed by atoms with E-state index in [2.05, 4.69) is 27.7 Å². The van der Waals surface area contributed by atoms with Gasteiger partial charge in [0, 0.05) is 25.7 Å². The molecule has 5 atom stereocenters. The molecule has 0 saturated heterocycles. The summed E-state index contributed by atoms with van der Waals surface area (Å²) in [6.07, 6.45) is 37.8. The molecule has 0 aromatic rings. The van der Waals surface area contributed by atoms with Gasteiger partial charge >= 0.3 is 39.5 Å². The van der Waals surface area contributed by atoms with E-state index < -0.39 is 97.5 Å². The number of ether oxygens (including phenoxy) is 4. The van der Waals surface area contributed by atoms with Crippen LogP contribution in [0.2, 0.25) is 0 Å². The van der Waals surface area contributed by atoms with Crippen molar-refractivity contribution in [3.8, 4) is 0 Å². The highest BCUT2D eigenvalue weighted by Crippen LogP contribution is 2.45. The van der Waals surface area contributed by atoms with Crippen LogP contribution in [0.5, 0.6) is 0 Å². The lowest BCUT2D eigenvalue weighted by molar-refractivity contribution is -0.161. The first-order valence-electron chi connectivity index (χ1n) is 31.3. The number of esters is 4. The molecule has 0 bridgehead atoms. The molecule has 19 heteroatoms. The Morgan fingerprint density at radius 1 is 0.308 bits per heavy atom. The summed E-state index contributed by atoms with van der Waals surface area (Å²) in [6.45, 7) is 4.76. The molecule has 2 unspecified atom stereocenters. The molecule has 0 spiro atoms. The van der Waals surface area contributed by atoms with Gasteiger partial charge in [0.05, 0.1) is 26.4 Å². The minimum absolute atomic E-state index is 0.105. The van der Waals surface area contributed by atoms with Gasteiger partial charge in [-0.3, -0.25) is 37.3 Å². The number of hydrogen-bond acceptors (Lipinski definition) is 15. The number of carbonyl (C=O) groups excluding carboxylic acids is 4. The van der Waals surface area contributed by atoms with Crippen LogP contribution in [0.1, 0.15) is 297 Å². The average molecular weight is 1160 g/mol. The summed E-state index contributed by atoms with van der Waals surface area (Å²) in [5.41, 5.74) is 0. The number of phosphoric ester groups is 2. The lowest BCUT2D eigenvalue weighted by atomic mass is 10.0. The largest absolute Gasteiger partial charge is 0.472 e. The van der Waals surface area contributed by atoms with Gasteiger partial charge in [-0.2, -0.15) is 0 Å². The molecule has 0 aliphatic heterocycles. The second-order valence-corrected chi connectivity index (χ2v) is 24.3. The topological polar surface area (TPSA) is 237 Å². The Labute approximate surface area is 473 Å². The standard InChI is InChI=1S/C59H114O17P2/c1-5-9-13-17-20-23-25-27-30-32-36-40-44-57(62)70-50-55(76-59(64)46-42-38-34-31-28-26-24-21-18-14-10-6-2)52-74-78(67,68)72-48-53(60)47-71-77(65,66)73-51-54(49-69-56(61)43-39-35-16-12-8-4)75-58(63)45-41-37-33-29-22-19-15-11-7-3/h53-55,60H,5-52H2,1-4H3,(H,65,66)(H,67,68)/t53-,54+,55+/m0/s1. The summed E-state index contributed by atoms with van der Waals surface area (Å²) < 4.78 is 67.6. The summed E-state index contributed by atoms with van der Waals surface area (Å²) in [6, 6.07) is 0. The normalized spacial score (nSPS) is 14.3. The van der Waals surface area contributed by atoms with E-state index in [0.717, 1.165) is 96.3 Å². The predicted molar refractivity (Wildman–Crippen MR) is 308 cm³/mol. The van der Waals surface area contributed by atoms with Gasteiger partial charge in [-0.05, 0) is 25.7 Å². The highest BCUT2D eigenvalue weighted by Gasteiger charge is 2.30. The van der Waals surface area contributed by atoms with E-state index in [-0.39, 0.29) is 25.7 Å². The molecule has 462 valence electrons. The van der Waals surface area contributed by atoms with Crippen molar-refractivity contribution in [2.75, 3.05) is 39.6 Å². The first-order valence-corrected chi connectivity index (χ1v) is 34.3. The molecule has 0 heterocycles. The Balaban J connectivity index is 5.17. The van der Waals surface area contributed by atoms with Crippen molar-refractivity contribution < 1.29 is 80.2 Å². The number of aliphatic hydroxyl groups is 1. The third-order valence-corrected chi connectivity index (χ3v) is 15.5. The summed E-state index contributed by atoms with van der Waals surface area (Å²) in [5, 5.41) is 10.5. The number of aliphatic hydroxyl groups excluding tert-OH is 1. The number of hydrogen-bond donors (Lipinski definition) is 3. The van der Waals surface area contributed by atoms with E-state index >= 15 is 0 Å². The summed E-state index contributed by atoms with van der Waals surface area (Å²) in [4.78, 5) is 71.7. The maximum absolute atomic E-state index is 12.9. The van der Waals surface area contributed by atoms with Crippen molar-refractivity contribution >= 4 is 39.5 Å². The Kier molecular flexibility index (Phi) is 53.0. The average Bonchev–Trinajstić information content (AvgIpc) is 3.41. The van der Waals surface area contributed by atoms with Gasteiger partial charge in [-0.25, -0.2) is 9.13 Å². The Morgan fingerprint density at radius 2 is 0.513 bits per heavy atom. The van der Waals surface area contributed by atoms with E-state index in [9.17, 15) is 43.2 Å². The van der Waals surface area contributed by atoms with Crippen LogP contribution in [-0.2, 0) is 65.4 Å². The van der Waals surface area contributed by atoms with Gasteiger partial charge in [-0.1, -0.05) is 246 Å². The monoisotopic (exact) mass is 1160 g/mol. The number of carbonyl (C=O) groups is 4. The van der Waals surface area contributed by atoms with Crippen molar-refractivity contribution in [3.63, 3.8) is 0 Å². The zero-order valence-corrected chi connectivity index (χ0v) is 51.4. The minimum Gasteiger partial charge on any atom is -0.462 e. The van der Waals surface area contributed by atoms with Gasteiger partial charge in [0.2, 0.25) is 0 Å². The third-order valence-electron chi connectivity index (χ3n) is 13.6. The van der Waals surface area contributed by atoms with Crippen LogP contribution in [-0.4, -0.2) is 96.7 Å². The smallest absolute Gasteiger partial charge is 0.462 e. The van der Waals surface area contributed by atoms with Crippen LogP contribution < -0.4 is 0 Å². The Morgan fingerprint density at radius 3 is 0.756 bits per heavy atom. The molecule has 0 aromatic carbocycles. The van der Waals surface area contributed by atoms with Gasteiger partial charge in [0.25, 0.3) is 0 Å². The van der Waals surface area contributed by atoms with Crippen LogP contribution in [0, 0.1) is 0 Å². The molecule has 78 heavy (non-hydrogen) atoms. The van der Waals surface area contributed by atoms with E-state index in [4.69, 9.17) is 37.0 Å². The van der Waals surface area contributed by atoms with Crippen LogP contribution in [0.4, 0.5) is 0 Å². The number of rotatable bonds is 60. The molecule has 0 aliphatic rings. The van der Waals surface area contributed by atoms with E-state index in [1.54, 1.807) is 0 Å². The zero-order valence-electron chi connectivity index (χ0n) is 49.6. The van der Waals surface area contributed by atoms with Gasteiger partial charge in [0.15, 0.2) is 12.2 Å².